The second kappa shape index (κ2) is 7.90. The first-order valence-electron chi connectivity index (χ1n) is 6.07. The monoisotopic (exact) mass is 335 g/mol. The van der Waals surface area contributed by atoms with Crippen LogP contribution in [0, 0.1) is 0 Å². The number of alkyl halides is 5. The van der Waals surface area contributed by atoms with Crippen molar-refractivity contribution in [1.82, 2.24) is 5.32 Å². The van der Waals surface area contributed by atoms with Crippen molar-refractivity contribution in [3.63, 3.8) is 0 Å². The van der Waals surface area contributed by atoms with Crippen molar-refractivity contribution in [1.29, 1.82) is 0 Å². The van der Waals surface area contributed by atoms with Gasteiger partial charge in [-0.05, 0) is 12.8 Å². The molecule has 128 valence electrons. The normalized spacial score (nSPS) is 13.4. The standard InChI is InChI=1S/C11H14F5NO5/c1-2-5-22-8(20)6(3-4-7(18)19)17-9(21)10(12,13)11(14,15)16/h6H,2-5H2,1H3,(H,17,21)(H,18,19). The fraction of sp³-hybridized carbons (Fsp3) is 0.727. The predicted molar refractivity (Wildman–Crippen MR) is 61.1 cm³/mol. The van der Waals surface area contributed by atoms with Crippen molar-refractivity contribution in [3.05, 3.63) is 0 Å². The summed E-state index contributed by atoms with van der Waals surface area (Å²) in [5.41, 5.74) is 0. The first-order chi connectivity index (χ1) is 9.93. The van der Waals surface area contributed by atoms with Crippen LogP contribution in [0.5, 0.6) is 0 Å². The first-order valence-corrected chi connectivity index (χ1v) is 6.07. The summed E-state index contributed by atoms with van der Waals surface area (Å²) in [6.45, 7) is 1.43. The second-order valence-corrected chi connectivity index (χ2v) is 4.20. The molecule has 6 nitrogen and oxygen atoms in total. The van der Waals surface area contributed by atoms with Gasteiger partial charge in [0.1, 0.15) is 6.04 Å². The van der Waals surface area contributed by atoms with Crippen LogP contribution < -0.4 is 5.32 Å². The van der Waals surface area contributed by atoms with Crippen LogP contribution in [0.2, 0.25) is 0 Å². The van der Waals surface area contributed by atoms with E-state index in [0.29, 0.717) is 6.42 Å². The number of carboxylic acids is 1. The summed E-state index contributed by atoms with van der Waals surface area (Å²) in [5.74, 6) is -11.2. The van der Waals surface area contributed by atoms with Gasteiger partial charge in [-0.15, -0.1) is 0 Å². The van der Waals surface area contributed by atoms with E-state index in [2.05, 4.69) is 4.74 Å². The van der Waals surface area contributed by atoms with E-state index in [-0.39, 0.29) is 6.61 Å². The number of rotatable bonds is 8. The number of esters is 1. The molecule has 0 bridgehead atoms. The Hall–Kier alpha value is -1.94. The molecule has 0 aliphatic rings. The topological polar surface area (TPSA) is 92.7 Å². The van der Waals surface area contributed by atoms with E-state index in [0.717, 1.165) is 0 Å². The number of carboxylic acid groups (broad SMARTS) is 1. The van der Waals surface area contributed by atoms with Gasteiger partial charge in [-0.1, -0.05) is 6.92 Å². The molecule has 0 aliphatic heterocycles. The fourth-order valence-corrected chi connectivity index (χ4v) is 1.20. The summed E-state index contributed by atoms with van der Waals surface area (Å²) in [6, 6.07) is -1.91. The highest BCUT2D eigenvalue weighted by molar-refractivity contribution is 5.89. The average molecular weight is 335 g/mol. The maximum Gasteiger partial charge on any atom is 0.463 e. The molecule has 11 heteroatoms. The zero-order valence-electron chi connectivity index (χ0n) is 11.4. The minimum absolute atomic E-state index is 0.159. The van der Waals surface area contributed by atoms with Crippen LogP contribution in [0.4, 0.5) is 22.0 Å². The largest absolute Gasteiger partial charge is 0.481 e. The van der Waals surface area contributed by atoms with Crippen LogP contribution in [-0.4, -0.2) is 47.7 Å². The van der Waals surface area contributed by atoms with E-state index in [9.17, 15) is 36.3 Å². The van der Waals surface area contributed by atoms with Gasteiger partial charge in [-0.25, -0.2) is 4.79 Å². The molecule has 1 unspecified atom stereocenters. The van der Waals surface area contributed by atoms with Crippen molar-refractivity contribution < 1.29 is 46.2 Å². The van der Waals surface area contributed by atoms with Crippen LogP contribution >= 0.6 is 0 Å². The number of amides is 1. The Labute approximate surface area is 121 Å². The summed E-state index contributed by atoms with van der Waals surface area (Å²) in [5, 5.41) is 9.63. The Morgan fingerprint density at radius 1 is 1.18 bits per heavy atom. The number of ether oxygens (including phenoxy) is 1. The molecule has 0 saturated carbocycles. The zero-order chi connectivity index (χ0) is 17.6. The number of nitrogens with one attached hydrogen (secondary N) is 1. The fourth-order valence-electron chi connectivity index (χ4n) is 1.20. The molecule has 1 atom stereocenters. The van der Waals surface area contributed by atoms with Crippen molar-refractivity contribution in [2.45, 2.75) is 44.3 Å². The number of hydrogen-bond donors (Lipinski definition) is 2. The third-order valence-corrected chi connectivity index (χ3v) is 2.33. The van der Waals surface area contributed by atoms with Crippen molar-refractivity contribution in [3.8, 4) is 0 Å². The van der Waals surface area contributed by atoms with Gasteiger partial charge in [0.25, 0.3) is 0 Å². The molecule has 0 spiro atoms. The molecule has 0 heterocycles. The van der Waals surface area contributed by atoms with Gasteiger partial charge in [0.05, 0.1) is 6.61 Å². The van der Waals surface area contributed by atoms with Crippen molar-refractivity contribution in [2.75, 3.05) is 6.61 Å². The van der Waals surface area contributed by atoms with Crippen LogP contribution in [0.3, 0.4) is 0 Å². The van der Waals surface area contributed by atoms with Gasteiger partial charge in [-0.3, -0.25) is 9.59 Å². The number of carbonyl (C=O) groups excluding carboxylic acids is 2. The summed E-state index contributed by atoms with van der Waals surface area (Å²) < 4.78 is 66.2. The molecule has 0 fully saturated rings. The van der Waals surface area contributed by atoms with E-state index in [4.69, 9.17) is 5.11 Å². The van der Waals surface area contributed by atoms with Gasteiger partial charge < -0.3 is 15.2 Å². The minimum atomic E-state index is -6.14. The Bertz CT molecular complexity index is 424. The Kier molecular flexibility index (Phi) is 7.20. The molecular formula is C11H14F5NO5. The molecule has 0 aromatic carbocycles. The summed E-state index contributed by atoms with van der Waals surface area (Å²) in [7, 11) is 0. The van der Waals surface area contributed by atoms with Gasteiger partial charge in [0.15, 0.2) is 0 Å². The Morgan fingerprint density at radius 3 is 2.14 bits per heavy atom. The van der Waals surface area contributed by atoms with Crippen molar-refractivity contribution >= 4 is 17.8 Å². The van der Waals surface area contributed by atoms with E-state index < -0.39 is 48.8 Å². The van der Waals surface area contributed by atoms with Crippen LogP contribution in [0.25, 0.3) is 0 Å². The highest BCUT2D eigenvalue weighted by Crippen LogP contribution is 2.35. The average Bonchev–Trinajstić information content (AvgIpc) is 2.38. The number of aliphatic carboxylic acids is 1. The van der Waals surface area contributed by atoms with Gasteiger partial charge in [0, 0.05) is 6.42 Å². The lowest BCUT2D eigenvalue weighted by molar-refractivity contribution is -0.270. The molecule has 1 amide bonds. The van der Waals surface area contributed by atoms with Crippen molar-refractivity contribution in [2.24, 2.45) is 0 Å². The van der Waals surface area contributed by atoms with Crippen LogP contribution in [-0.2, 0) is 19.1 Å². The summed E-state index contributed by atoms with van der Waals surface area (Å²) >= 11 is 0. The zero-order valence-corrected chi connectivity index (χ0v) is 11.4. The second-order valence-electron chi connectivity index (χ2n) is 4.20. The first kappa shape index (κ1) is 20.1. The van der Waals surface area contributed by atoms with E-state index in [1.807, 2.05) is 0 Å². The quantitative estimate of drug-likeness (QED) is 0.518. The maximum absolute atomic E-state index is 12.8. The molecule has 0 radical (unpaired) electrons. The lowest BCUT2D eigenvalue weighted by Crippen LogP contribution is -2.55. The van der Waals surface area contributed by atoms with Gasteiger partial charge in [-0.2, -0.15) is 22.0 Å². The number of halogens is 5. The number of carbonyl (C=O) groups is 3. The lowest BCUT2D eigenvalue weighted by atomic mass is 10.1. The lowest BCUT2D eigenvalue weighted by Gasteiger charge is -2.22. The predicted octanol–water partition coefficient (Wildman–Crippen LogP) is 1.49. The molecule has 0 aliphatic carbocycles. The molecule has 0 aromatic heterocycles. The third kappa shape index (κ3) is 5.82. The highest BCUT2D eigenvalue weighted by Gasteiger charge is 2.63. The van der Waals surface area contributed by atoms with E-state index in [1.165, 1.54) is 5.32 Å². The SMILES string of the molecule is CCCOC(=O)C(CCC(=O)O)NC(=O)C(F)(F)C(F)(F)F. The Morgan fingerprint density at radius 2 is 1.73 bits per heavy atom. The highest BCUT2D eigenvalue weighted by atomic mass is 19.4. The molecule has 0 rings (SSSR count). The third-order valence-electron chi connectivity index (χ3n) is 2.33. The van der Waals surface area contributed by atoms with E-state index in [1.54, 1.807) is 6.92 Å². The number of hydrogen-bond acceptors (Lipinski definition) is 4. The maximum atomic E-state index is 12.8. The molecular weight excluding hydrogens is 321 g/mol. The van der Waals surface area contributed by atoms with Crippen LogP contribution in [0.15, 0.2) is 0 Å². The molecule has 2 N–H and O–H groups in total. The van der Waals surface area contributed by atoms with E-state index >= 15 is 0 Å². The summed E-state index contributed by atoms with van der Waals surface area (Å²) in [4.78, 5) is 32.9. The van der Waals surface area contributed by atoms with Gasteiger partial charge >= 0.3 is 29.9 Å². The van der Waals surface area contributed by atoms with Crippen LogP contribution in [0.1, 0.15) is 26.2 Å². The minimum Gasteiger partial charge on any atom is -0.481 e. The molecule has 22 heavy (non-hydrogen) atoms. The molecule has 0 saturated heterocycles. The van der Waals surface area contributed by atoms with Gasteiger partial charge in [0.2, 0.25) is 0 Å². The smallest absolute Gasteiger partial charge is 0.463 e. The molecule has 0 aromatic rings. The summed E-state index contributed by atoms with van der Waals surface area (Å²) in [6.07, 6.45) is -7.22. The Balaban J connectivity index is 4.99.